The summed E-state index contributed by atoms with van der Waals surface area (Å²) in [5, 5.41) is 12.2. The zero-order valence-corrected chi connectivity index (χ0v) is 9.74. The Hall–Kier alpha value is -2.30. The molecular formula is C12H14N4O. The maximum Gasteiger partial charge on any atom is 0.119 e. The Morgan fingerprint density at radius 1 is 1.53 bits per heavy atom. The van der Waals surface area contributed by atoms with Gasteiger partial charge in [-0.25, -0.2) is 0 Å². The van der Waals surface area contributed by atoms with Crippen LogP contribution >= 0.6 is 0 Å². The number of aromatic amines is 1. The number of H-pyrrole nitrogens is 1. The van der Waals surface area contributed by atoms with E-state index in [1.165, 1.54) is 0 Å². The predicted molar refractivity (Wildman–Crippen MR) is 69.0 cm³/mol. The zero-order valence-electron chi connectivity index (χ0n) is 9.74. The number of hydrogen-bond donors (Lipinski definition) is 3. The van der Waals surface area contributed by atoms with Crippen LogP contribution in [0.2, 0.25) is 0 Å². The Bertz CT molecular complexity index is 571. The molecule has 5 heteroatoms. The van der Waals surface area contributed by atoms with Crippen LogP contribution in [-0.4, -0.2) is 24.1 Å². The second-order valence-corrected chi connectivity index (χ2v) is 3.65. The van der Waals surface area contributed by atoms with E-state index in [0.717, 1.165) is 22.2 Å². The number of amidine groups is 1. The summed E-state index contributed by atoms with van der Waals surface area (Å²) in [5.74, 6) is 1.11. The van der Waals surface area contributed by atoms with Gasteiger partial charge >= 0.3 is 0 Å². The first kappa shape index (κ1) is 11.2. The predicted octanol–water partition coefficient (Wildman–Crippen LogP) is 2.10. The van der Waals surface area contributed by atoms with Gasteiger partial charge in [-0.1, -0.05) is 0 Å². The second kappa shape index (κ2) is 4.69. The second-order valence-electron chi connectivity index (χ2n) is 3.65. The van der Waals surface area contributed by atoms with Gasteiger partial charge in [0.05, 0.1) is 13.3 Å². The molecule has 1 heterocycles. The summed E-state index contributed by atoms with van der Waals surface area (Å²) >= 11 is 0. The van der Waals surface area contributed by atoms with Gasteiger partial charge in [0.1, 0.15) is 11.6 Å². The molecular weight excluding hydrogens is 216 g/mol. The van der Waals surface area contributed by atoms with Crippen molar-refractivity contribution in [2.24, 2.45) is 5.10 Å². The minimum atomic E-state index is 0.304. The van der Waals surface area contributed by atoms with Crippen molar-refractivity contribution < 1.29 is 4.74 Å². The van der Waals surface area contributed by atoms with Gasteiger partial charge in [0.25, 0.3) is 0 Å². The normalized spacial score (nSPS) is 10.9. The van der Waals surface area contributed by atoms with E-state index in [1.807, 2.05) is 24.4 Å². The summed E-state index contributed by atoms with van der Waals surface area (Å²) in [6.07, 6.45) is 3.55. The SMILES string of the molecule is COc1ccc2[nH]cc(/C=N/NC(C)=N)c2c1. The first-order chi connectivity index (χ1) is 8.20. The smallest absolute Gasteiger partial charge is 0.119 e. The maximum absolute atomic E-state index is 7.20. The molecule has 17 heavy (non-hydrogen) atoms. The van der Waals surface area contributed by atoms with Crippen LogP contribution in [0.4, 0.5) is 0 Å². The third-order valence-electron chi connectivity index (χ3n) is 2.36. The van der Waals surface area contributed by atoms with Crippen molar-refractivity contribution in [2.75, 3.05) is 7.11 Å². The standard InChI is InChI=1S/C12H14N4O/c1-8(13)16-15-7-9-6-14-12-4-3-10(17-2)5-11(9)12/h3-7,14H,1-2H3,(H2,13,16)/b15-7+. The van der Waals surface area contributed by atoms with Crippen molar-refractivity contribution in [3.63, 3.8) is 0 Å². The third kappa shape index (κ3) is 2.44. The summed E-state index contributed by atoms with van der Waals surface area (Å²) in [6, 6.07) is 5.81. The minimum absolute atomic E-state index is 0.304. The summed E-state index contributed by atoms with van der Waals surface area (Å²) in [7, 11) is 1.64. The largest absolute Gasteiger partial charge is 0.497 e. The highest BCUT2D eigenvalue weighted by Crippen LogP contribution is 2.22. The van der Waals surface area contributed by atoms with Crippen LogP contribution in [0.3, 0.4) is 0 Å². The van der Waals surface area contributed by atoms with E-state index < -0.39 is 0 Å². The molecule has 2 rings (SSSR count). The maximum atomic E-state index is 7.20. The van der Waals surface area contributed by atoms with Crippen LogP contribution in [0.1, 0.15) is 12.5 Å². The van der Waals surface area contributed by atoms with Crippen molar-refractivity contribution in [3.8, 4) is 5.75 Å². The molecule has 0 bridgehead atoms. The van der Waals surface area contributed by atoms with E-state index in [4.69, 9.17) is 10.1 Å². The van der Waals surface area contributed by atoms with Crippen molar-refractivity contribution in [1.29, 1.82) is 5.41 Å². The van der Waals surface area contributed by atoms with Gasteiger partial charge in [0.15, 0.2) is 0 Å². The fourth-order valence-electron chi connectivity index (χ4n) is 1.55. The average Bonchev–Trinajstić information content (AvgIpc) is 2.71. The lowest BCUT2D eigenvalue weighted by Crippen LogP contribution is -2.11. The zero-order chi connectivity index (χ0) is 12.3. The summed E-state index contributed by atoms with van der Waals surface area (Å²) in [4.78, 5) is 3.15. The molecule has 0 amide bonds. The summed E-state index contributed by atoms with van der Waals surface area (Å²) in [5.41, 5.74) is 4.56. The van der Waals surface area contributed by atoms with Crippen LogP contribution < -0.4 is 10.2 Å². The fourth-order valence-corrected chi connectivity index (χ4v) is 1.55. The fraction of sp³-hybridized carbons (Fsp3) is 0.167. The van der Waals surface area contributed by atoms with E-state index in [-0.39, 0.29) is 0 Å². The van der Waals surface area contributed by atoms with E-state index in [1.54, 1.807) is 20.2 Å². The summed E-state index contributed by atoms with van der Waals surface area (Å²) < 4.78 is 5.18. The van der Waals surface area contributed by atoms with Crippen molar-refractivity contribution in [1.82, 2.24) is 10.4 Å². The molecule has 2 aromatic rings. The van der Waals surface area contributed by atoms with E-state index in [2.05, 4.69) is 15.5 Å². The van der Waals surface area contributed by atoms with Crippen LogP contribution in [0.25, 0.3) is 10.9 Å². The van der Waals surface area contributed by atoms with Gasteiger partial charge in [0.2, 0.25) is 0 Å². The number of nitrogens with zero attached hydrogens (tertiary/aromatic N) is 1. The van der Waals surface area contributed by atoms with E-state index in [0.29, 0.717) is 5.84 Å². The molecule has 0 aliphatic carbocycles. The van der Waals surface area contributed by atoms with Gasteiger partial charge in [-0.3, -0.25) is 10.8 Å². The first-order valence-electron chi connectivity index (χ1n) is 5.20. The highest BCUT2D eigenvalue weighted by molar-refractivity contribution is 5.99. The average molecular weight is 230 g/mol. The van der Waals surface area contributed by atoms with Crippen LogP contribution in [0.5, 0.6) is 5.75 Å². The Kier molecular flexibility index (Phi) is 3.09. The number of ether oxygens (including phenoxy) is 1. The Morgan fingerprint density at radius 3 is 3.06 bits per heavy atom. The summed E-state index contributed by atoms with van der Waals surface area (Å²) in [6.45, 7) is 1.63. The number of fused-ring (bicyclic) bond motifs is 1. The van der Waals surface area contributed by atoms with Crippen molar-refractivity contribution in [2.45, 2.75) is 6.92 Å². The minimum Gasteiger partial charge on any atom is -0.497 e. The molecule has 0 radical (unpaired) electrons. The number of benzene rings is 1. The third-order valence-corrected chi connectivity index (χ3v) is 2.36. The van der Waals surface area contributed by atoms with Crippen molar-refractivity contribution >= 4 is 23.0 Å². The quantitative estimate of drug-likeness (QED) is 0.429. The molecule has 1 aromatic carbocycles. The van der Waals surface area contributed by atoms with Gasteiger partial charge in [-0.05, 0) is 25.1 Å². The Balaban J connectivity index is 2.34. The first-order valence-corrected chi connectivity index (χ1v) is 5.20. The Morgan fingerprint density at radius 2 is 2.35 bits per heavy atom. The molecule has 0 saturated heterocycles. The van der Waals surface area contributed by atoms with Gasteiger partial charge in [-0.2, -0.15) is 5.10 Å². The molecule has 0 aliphatic rings. The highest BCUT2D eigenvalue weighted by Gasteiger charge is 2.02. The topological polar surface area (TPSA) is 73.3 Å². The molecule has 0 fully saturated rings. The van der Waals surface area contributed by atoms with Crippen LogP contribution in [0.15, 0.2) is 29.5 Å². The molecule has 88 valence electrons. The Labute approximate surface area is 99.0 Å². The lowest BCUT2D eigenvalue weighted by Gasteiger charge is -1.99. The molecule has 3 N–H and O–H groups in total. The molecule has 1 aromatic heterocycles. The molecule has 0 aliphatic heterocycles. The van der Waals surface area contributed by atoms with Gasteiger partial charge in [-0.15, -0.1) is 0 Å². The number of methoxy groups -OCH3 is 1. The van der Waals surface area contributed by atoms with Crippen LogP contribution in [0, 0.1) is 5.41 Å². The number of nitrogens with one attached hydrogen (secondary N) is 3. The number of hydrazone groups is 1. The van der Waals surface area contributed by atoms with E-state index >= 15 is 0 Å². The van der Waals surface area contributed by atoms with Gasteiger partial charge < -0.3 is 9.72 Å². The van der Waals surface area contributed by atoms with Gasteiger partial charge in [0, 0.05) is 22.7 Å². The number of rotatable bonds is 3. The van der Waals surface area contributed by atoms with Crippen LogP contribution in [-0.2, 0) is 0 Å². The number of aromatic nitrogens is 1. The number of hydrogen-bond acceptors (Lipinski definition) is 3. The lowest BCUT2D eigenvalue weighted by atomic mass is 10.2. The highest BCUT2D eigenvalue weighted by atomic mass is 16.5. The molecule has 0 unspecified atom stereocenters. The van der Waals surface area contributed by atoms with Crippen molar-refractivity contribution in [3.05, 3.63) is 30.0 Å². The molecule has 5 nitrogen and oxygen atoms in total. The van der Waals surface area contributed by atoms with E-state index in [9.17, 15) is 0 Å². The lowest BCUT2D eigenvalue weighted by molar-refractivity contribution is 0.415. The monoisotopic (exact) mass is 230 g/mol. The molecule has 0 spiro atoms. The molecule has 0 saturated carbocycles. The molecule has 0 atom stereocenters.